The van der Waals surface area contributed by atoms with Crippen LogP contribution in [0.5, 0.6) is 11.5 Å². The molecule has 0 atom stereocenters. The van der Waals surface area contributed by atoms with Gasteiger partial charge in [0, 0.05) is 5.57 Å². The predicted octanol–water partition coefficient (Wildman–Crippen LogP) is 3.49. The molecule has 0 saturated carbocycles. The highest BCUT2D eigenvalue weighted by atomic mass is 19.1. The highest BCUT2D eigenvalue weighted by Gasteiger charge is 2.23. The summed E-state index contributed by atoms with van der Waals surface area (Å²) in [4.78, 5) is 12.5. The molecule has 0 spiro atoms. The van der Waals surface area contributed by atoms with Gasteiger partial charge in [0.05, 0.1) is 12.7 Å². The lowest BCUT2D eigenvalue weighted by molar-refractivity contribution is 0.100. The molecule has 0 bridgehead atoms. The molecule has 2 aromatic carbocycles. The Morgan fingerprint density at radius 2 is 1.95 bits per heavy atom. The minimum absolute atomic E-state index is 0.0977. The number of Topliss-reactive ketones (excluding diaryl/α,β-unsaturated/α-hetero) is 1. The standard InChI is InChI=1S/C17H13FO3/c1-20-14-6-7-16-15(9-14)17(19)12(10-21-16)8-11-2-4-13(18)5-3-11/h2-9H,10H2,1H3/b12-8+. The average Bonchev–Trinajstić information content (AvgIpc) is 2.52. The Morgan fingerprint density at radius 3 is 2.67 bits per heavy atom. The maximum Gasteiger partial charge on any atom is 0.196 e. The molecule has 1 aliphatic rings. The number of benzene rings is 2. The predicted molar refractivity (Wildman–Crippen MR) is 77.2 cm³/mol. The minimum Gasteiger partial charge on any atom is -0.497 e. The monoisotopic (exact) mass is 284 g/mol. The van der Waals surface area contributed by atoms with Crippen LogP contribution in [-0.4, -0.2) is 19.5 Å². The molecule has 0 unspecified atom stereocenters. The fourth-order valence-electron chi connectivity index (χ4n) is 2.20. The molecule has 1 aliphatic heterocycles. The molecular weight excluding hydrogens is 271 g/mol. The lowest BCUT2D eigenvalue weighted by atomic mass is 9.98. The molecule has 3 rings (SSSR count). The van der Waals surface area contributed by atoms with Crippen molar-refractivity contribution in [3.8, 4) is 11.5 Å². The lowest BCUT2D eigenvalue weighted by Crippen LogP contribution is -2.19. The third-order valence-electron chi connectivity index (χ3n) is 3.32. The first-order chi connectivity index (χ1) is 10.2. The summed E-state index contributed by atoms with van der Waals surface area (Å²) in [5, 5.41) is 0. The van der Waals surface area contributed by atoms with E-state index in [0.29, 0.717) is 22.6 Å². The molecule has 106 valence electrons. The number of ether oxygens (including phenoxy) is 2. The van der Waals surface area contributed by atoms with Gasteiger partial charge in [-0.1, -0.05) is 12.1 Å². The number of hydrogen-bond acceptors (Lipinski definition) is 3. The Kier molecular flexibility index (Phi) is 3.44. The van der Waals surface area contributed by atoms with E-state index in [2.05, 4.69) is 0 Å². The van der Waals surface area contributed by atoms with Gasteiger partial charge in [-0.05, 0) is 42.0 Å². The summed E-state index contributed by atoms with van der Waals surface area (Å²) in [6.07, 6.45) is 1.71. The zero-order valence-corrected chi connectivity index (χ0v) is 11.4. The van der Waals surface area contributed by atoms with Gasteiger partial charge in [0.25, 0.3) is 0 Å². The normalized spacial score (nSPS) is 15.5. The van der Waals surface area contributed by atoms with Gasteiger partial charge in [-0.2, -0.15) is 0 Å². The summed E-state index contributed by atoms with van der Waals surface area (Å²) in [5.41, 5.74) is 1.77. The second kappa shape index (κ2) is 5.40. The quantitative estimate of drug-likeness (QED) is 0.792. The van der Waals surface area contributed by atoms with Crippen LogP contribution < -0.4 is 9.47 Å². The highest BCUT2D eigenvalue weighted by Crippen LogP contribution is 2.31. The highest BCUT2D eigenvalue weighted by molar-refractivity contribution is 6.14. The van der Waals surface area contributed by atoms with E-state index in [9.17, 15) is 9.18 Å². The Bertz CT molecular complexity index is 717. The van der Waals surface area contributed by atoms with Crippen molar-refractivity contribution >= 4 is 11.9 Å². The summed E-state index contributed by atoms with van der Waals surface area (Å²) >= 11 is 0. The third kappa shape index (κ3) is 2.65. The molecule has 21 heavy (non-hydrogen) atoms. The van der Waals surface area contributed by atoms with Crippen LogP contribution in [0.25, 0.3) is 6.08 Å². The smallest absolute Gasteiger partial charge is 0.196 e. The lowest BCUT2D eigenvalue weighted by Gasteiger charge is -2.19. The van der Waals surface area contributed by atoms with E-state index in [-0.39, 0.29) is 18.2 Å². The Morgan fingerprint density at radius 1 is 1.19 bits per heavy atom. The van der Waals surface area contributed by atoms with Crippen molar-refractivity contribution in [2.24, 2.45) is 0 Å². The zero-order chi connectivity index (χ0) is 14.8. The van der Waals surface area contributed by atoms with Crippen molar-refractivity contribution in [2.75, 3.05) is 13.7 Å². The molecule has 0 aromatic heterocycles. The first kappa shape index (κ1) is 13.4. The molecule has 1 heterocycles. The van der Waals surface area contributed by atoms with Gasteiger partial charge in [0.1, 0.15) is 23.9 Å². The molecule has 0 N–H and O–H groups in total. The van der Waals surface area contributed by atoms with Crippen LogP contribution in [-0.2, 0) is 0 Å². The fourth-order valence-corrected chi connectivity index (χ4v) is 2.20. The summed E-state index contributed by atoms with van der Waals surface area (Å²) < 4.78 is 23.6. The molecule has 0 saturated heterocycles. The van der Waals surface area contributed by atoms with Gasteiger partial charge in [-0.3, -0.25) is 4.79 Å². The third-order valence-corrected chi connectivity index (χ3v) is 3.32. The molecule has 0 radical (unpaired) electrons. The summed E-state index contributed by atoms with van der Waals surface area (Å²) in [7, 11) is 1.55. The topological polar surface area (TPSA) is 35.5 Å². The van der Waals surface area contributed by atoms with E-state index >= 15 is 0 Å². The van der Waals surface area contributed by atoms with E-state index in [1.165, 1.54) is 12.1 Å². The number of carbonyl (C=O) groups is 1. The van der Waals surface area contributed by atoms with Crippen molar-refractivity contribution in [2.45, 2.75) is 0 Å². The van der Waals surface area contributed by atoms with Crippen LogP contribution in [0.15, 0.2) is 48.0 Å². The van der Waals surface area contributed by atoms with Crippen LogP contribution in [0.4, 0.5) is 4.39 Å². The Hall–Kier alpha value is -2.62. The van der Waals surface area contributed by atoms with Crippen molar-refractivity contribution < 1.29 is 18.7 Å². The first-order valence-corrected chi connectivity index (χ1v) is 6.49. The molecule has 2 aromatic rings. The molecular formula is C17H13FO3. The van der Waals surface area contributed by atoms with Crippen molar-refractivity contribution in [1.29, 1.82) is 0 Å². The van der Waals surface area contributed by atoms with Gasteiger partial charge >= 0.3 is 0 Å². The minimum atomic E-state index is -0.307. The molecule has 0 fully saturated rings. The molecule has 0 aliphatic carbocycles. The zero-order valence-electron chi connectivity index (χ0n) is 11.4. The van der Waals surface area contributed by atoms with E-state index in [1.54, 1.807) is 43.5 Å². The van der Waals surface area contributed by atoms with E-state index in [0.717, 1.165) is 5.56 Å². The van der Waals surface area contributed by atoms with Crippen LogP contribution in [0.2, 0.25) is 0 Å². The van der Waals surface area contributed by atoms with Crippen LogP contribution >= 0.6 is 0 Å². The molecule has 0 amide bonds. The second-order valence-electron chi connectivity index (χ2n) is 4.70. The molecule has 4 heteroatoms. The number of methoxy groups -OCH3 is 1. The van der Waals surface area contributed by atoms with E-state index in [4.69, 9.17) is 9.47 Å². The Balaban J connectivity index is 1.96. The number of rotatable bonds is 2. The summed E-state index contributed by atoms with van der Waals surface area (Å²) in [5.74, 6) is 0.753. The average molecular weight is 284 g/mol. The van der Waals surface area contributed by atoms with E-state index in [1.807, 2.05) is 0 Å². The van der Waals surface area contributed by atoms with Crippen LogP contribution in [0.1, 0.15) is 15.9 Å². The molecule has 3 nitrogen and oxygen atoms in total. The first-order valence-electron chi connectivity index (χ1n) is 6.49. The van der Waals surface area contributed by atoms with E-state index < -0.39 is 0 Å². The van der Waals surface area contributed by atoms with Gasteiger partial charge in [0.2, 0.25) is 0 Å². The Labute approximate surface area is 121 Å². The van der Waals surface area contributed by atoms with Gasteiger partial charge in [-0.15, -0.1) is 0 Å². The van der Waals surface area contributed by atoms with Crippen LogP contribution in [0, 0.1) is 5.82 Å². The van der Waals surface area contributed by atoms with Crippen molar-refractivity contribution in [1.82, 2.24) is 0 Å². The fraction of sp³-hybridized carbons (Fsp3) is 0.118. The number of halogens is 1. The second-order valence-corrected chi connectivity index (χ2v) is 4.70. The largest absolute Gasteiger partial charge is 0.497 e. The van der Waals surface area contributed by atoms with Gasteiger partial charge in [0.15, 0.2) is 5.78 Å². The SMILES string of the molecule is COc1ccc2c(c1)C(=O)/C(=C/c1ccc(F)cc1)CO2. The van der Waals surface area contributed by atoms with Crippen molar-refractivity contribution in [3.05, 3.63) is 65.0 Å². The number of carbonyl (C=O) groups excluding carboxylic acids is 1. The summed E-state index contributed by atoms with van der Waals surface area (Å²) in [6, 6.07) is 11.1. The number of hydrogen-bond donors (Lipinski definition) is 0. The van der Waals surface area contributed by atoms with Crippen LogP contribution in [0.3, 0.4) is 0 Å². The van der Waals surface area contributed by atoms with Crippen molar-refractivity contribution in [3.63, 3.8) is 0 Å². The number of fused-ring (bicyclic) bond motifs is 1. The van der Waals surface area contributed by atoms with Gasteiger partial charge < -0.3 is 9.47 Å². The maximum absolute atomic E-state index is 12.9. The summed E-state index contributed by atoms with van der Waals surface area (Å²) in [6.45, 7) is 0.204. The number of ketones is 1. The van der Waals surface area contributed by atoms with Gasteiger partial charge in [-0.25, -0.2) is 4.39 Å². The maximum atomic E-state index is 12.9.